The van der Waals surface area contributed by atoms with Gasteiger partial charge in [-0.1, -0.05) is 116 Å². The van der Waals surface area contributed by atoms with E-state index >= 15 is 0 Å². The molecule has 0 saturated carbocycles. The number of rotatable bonds is 19. The normalized spacial score (nSPS) is 10.4. The Morgan fingerprint density at radius 2 is 0.893 bits per heavy atom. The zero-order valence-corrected chi connectivity index (χ0v) is 21.9. The van der Waals surface area contributed by atoms with Gasteiger partial charge in [0.25, 0.3) is 0 Å². The van der Waals surface area contributed by atoms with Gasteiger partial charge in [-0.15, -0.1) is 0 Å². The summed E-state index contributed by atoms with van der Waals surface area (Å²) in [6.07, 6.45) is 27.9. The van der Waals surface area contributed by atoms with E-state index in [0.717, 1.165) is 19.3 Å². The quantitative estimate of drug-likeness (QED) is 0.177. The Morgan fingerprint density at radius 3 is 1.29 bits per heavy atom. The van der Waals surface area contributed by atoms with Crippen molar-refractivity contribution in [3.8, 4) is 0 Å². The summed E-state index contributed by atoms with van der Waals surface area (Å²) in [6.45, 7) is 6.75. The number of hydrogen-bond donors (Lipinski definition) is 0. The molecular weight excluding hydrogens is 355 g/mol. The van der Waals surface area contributed by atoms with Crippen LogP contribution in [0.15, 0.2) is 12.2 Å². The second-order valence-corrected chi connectivity index (χ2v) is 7.77. The van der Waals surface area contributed by atoms with E-state index in [1.165, 1.54) is 96.3 Å². The minimum Gasteiger partial charge on any atom is -0.550 e. The van der Waals surface area contributed by atoms with Crippen LogP contribution in [0, 0.1) is 0 Å². The molecular formula is C25H49NaO2. The van der Waals surface area contributed by atoms with Crippen LogP contribution in [-0.2, 0) is 4.79 Å². The number of allylic oxidation sites excluding steroid dienone is 2. The largest absolute Gasteiger partial charge is 1.00 e. The van der Waals surface area contributed by atoms with Gasteiger partial charge in [-0.05, 0) is 38.5 Å². The van der Waals surface area contributed by atoms with E-state index in [-0.39, 0.29) is 36.0 Å². The first-order valence-electron chi connectivity index (χ1n) is 12.0. The zero-order valence-electron chi connectivity index (χ0n) is 19.9. The van der Waals surface area contributed by atoms with Crippen LogP contribution in [0.4, 0.5) is 0 Å². The molecule has 0 aliphatic rings. The van der Waals surface area contributed by atoms with Gasteiger partial charge in [0.2, 0.25) is 0 Å². The fourth-order valence-electron chi connectivity index (χ4n) is 3.02. The van der Waals surface area contributed by atoms with Gasteiger partial charge in [-0.2, -0.15) is 0 Å². The molecule has 0 heterocycles. The van der Waals surface area contributed by atoms with Crippen molar-refractivity contribution in [1.29, 1.82) is 0 Å². The molecule has 0 unspecified atom stereocenters. The van der Waals surface area contributed by atoms with E-state index in [0.29, 0.717) is 0 Å². The van der Waals surface area contributed by atoms with Crippen molar-refractivity contribution in [3.05, 3.63) is 12.2 Å². The van der Waals surface area contributed by atoms with Crippen molar-refractivity contribution >= 4 is 5.97 Å². The monoisotopic (exact) mass is 404 g/mol. The van der Waals surface area contributed by atoms with Crippen molar-refractivity contribution in [2.45, 2.75) is 143 Å². The number of carbonyl (C=O) groups is 1. The molecule has 0 aliphatic carbocycles. The third kappa shape index (κ3) is 37.0. The van der Waals surface area contributed by atoms with Gasteiger partial charge in [0.05, 0.1) is 0 Å². The first-order valence-corrected chi connectivity index (χ1v) is 12.0. The molecule has 0 amide bonds. The van der Waals surface area contributed by atoms with Crippen LogP contribution in [0.2, 0.25) is 0 Å². The third-order valence-corrected chi connectivity index (χ3v) is 4.85. The molecule has 0 rings (SSSR count). The molecule has 0 saturated heterocycles. The van der Waals surface area contributed by atoms with Crippen molar-refractivity contribution < 1.29 is 39.5 Å². The van der Waals surface area contributed by atoms with E-state index in [2.05, 4.69) is 32.9 Å². The van der Waals surface area contributed by atoms with Crippen molar-refractivity contribution in [2.24, 2.45) is 0 Å². The van der Waals surface area contributed by atoms with E-state index in [1.807, 2.05) is 0 Å². The van der Waals surface area contributed by atoms with Crippen molar-refractivity contribution in [1.82, 2.24) is 0 Å². The maximum Gasteiger partial charge on any atom is 1.00 e. The van der Waals surface area contributed by atoms with Crippen LogP contribution in [0.1, 0.15) is 143 Å². The summed E-state index contributed by atoms with van der Waals surface area (Å²) >= 11 is 0. The number of carboxylic acid groups (broad SMARTS) is 1. The SMILES string of the molecule is CCCCCCC.CCCCCCCC/C=C\CCCCCCCC(=O)[O-].[Na+]. The number of unbranched alkanes of at least 4 members (excludes halogenated alkanes) is 15. The fraction of sp³-hybridized carbons (Fsp3) is 0.880. The summed E-state index contributed by atoms with van der Waals surface area (Å²) in [6, 6.07) is 0. The molecule has 0 aromatic carbocycles. The van der Waals surface area contributed by atoms with Gasteiger partial charge in [0, 0.05) is 5.97 Å². The molecule has 3 heteroatoms. The molecule has 162 valence electrons. The van der Waals surface area contributed by atoms with Gasteiger partial charge < -0.3 is 9.90 Å². The molecule has 0 spiro atoms. The van der Waals surface area contributed by atoms with E-state index in [9.17, 15) is 9.90 Å². The Balaban J connectivity index is -0.000000665. The molecule has 0 aromatic heterocycles. The van der Waals surface area contributed by atoms with Crippen LogP contribution in [-0.4, -0.2) is 5.97 Å². The van der Waals surface area contributed by atoms with Gasteiger partial charge in [0.15, 0.2) is 0 Å². The molecule has 0 atom stereocenters. The second kappa shape index (κ2) is 31.9. The summed E-state index contributed by atoms with van der Waals surface area (Å²) in [4.78, 5) is 10.2. The minimum absolute atomic E-state index is 0. The van der Waals surface area contributed by atoms with Crippen LogP contribution >= 0.6 is 0 Å². The van der Waals surface area contributed by atoms with E-state index in [4.69, 9.17) is 0 Å². The molecule has 0 radical (unpaired) electrons. The first kappa shape index (κ1) is 32.9. The average Bonchev–Trinajstić information content (AvgIpc) is 2.65. The first-order chi connectivity index (χ1) is 13.2. The van der Waals surface area contributed by atoms with Gasteiger partial charge in [0.1, 0.15) is 0 Å². The summed E-state index contributed by atoms with van der Waals surface area (Å²) in [5.74, 6) is -0.914. The topological polar surface area (TPSA) is 40.1 Å². The smallest absolute Gasteiger partial charge is 0.550 e. The van der Waals surface area contributed by atoms with E-state index < -0.39 is 5.97 Å². The summed E-state index contributed by atoms with van der Waals surface area (Å²) in [5, 5.41) is 10.2. The Labute approximate surface area is 199 Å². The Kier molecular flexibility index (Phi) is 37.4. The van der Waals surface area contributed by atoms with Gasteiger partial charge >= 0.3 is 29.6 Å². The van der Waals surface area contributed by atoms with E-state index in [1.54, 1.807) is 0 Å². The maximum absolute atomic E-state index is 10.2. The van der Waals surface area contributed by atoms with Gasteiger partial charge in [-0.25, -0.2) is 0 Å². The third-order valence-electron chi connectivity index (χ3n) is 4.85. The average molecular weight is 405 g/mol. The predicted molar refractivity (Wildman–Crippen MR) is 119 cm³/mol. The predicted octanol–water partition coefficient (Wildman–Crippen LogP) is 4.75. The summed E-state index contributed by atoms with van der Waals surface area (Å²) in [7, 11) is 0. The number of carboxylic acids is 1. The number of aliphatic carboxylic acids is 1. The summed E-state index contributed by atoms with van der Waals surface area (Å²) < 4.78 is 0. The molecule has 0 aromatic rings. The van der Waals surface area contributed by atoms with Gasteiger partial charge in [-0.3, -0.25) is 0 Å². The van der Waals surface area contributed by atoms with Crippen LogP contribution in [0.25, 0.3) is 0 Å². The molecule has 0 bridgehead atoms. The maximum atomic E-state index is 10.2. The van der Waals surface area contributed by atoms with Crippen LogP contribution in [0.5, 0.6) is 0 Å². The Bertz CT molecular complexity index is 299. The van der Waals surface area contributed by atoms with Crippen LogP contribution in [0.3, 0.4) is 0 Å². The molecule has 0 aliphatic heterocycles. The van der Waals surface area contributed by atoms with Crippen molar-refractivity contribution in [3.63, 3.8) is 0 Å². The summed E-state index contributed by atoms with van der Waals surface area (Å²) in [5.41, 5.74) is 0. The molecule has 28 heavy (non-hydrogen) atoms. The Morgan fingerprint density at radius 1 is 0.571 bits per heavy atom. The molecule has 0 fully saturated rings. The van der Waals surface area contributed by atoms with Crippen molar-refractivity contribution in [2.75, 3.05) is 0 Å². The number of hydrogen-bond acceptors (Lipinski definition) is 2. The molecule has 0 N–H and O–H groups in total. The number of carbonyl (C=O) groups excluding carboxylic acids is 1. The minimum atomic E-state index is -0.914. The fourth-order valence-corrected chi connectivity index (χ4v) is 3.02. The Hall–Kier alpha value is 0.210. The standard InChI is InChI=1S/C18H34O2.C7H16.Na/c1-2-3-4-5-6-7-8-9-10-11-12-13-14-15-16-17-18(19)20;1-3-5-7-6-4-2;/h9-10H,2-8,11-17H2,1H3,(H,19,20);3-7H2,1-2H3;/q;;+1/p-1/b10-9-;;. The second-order valence-electron chi connectivity index (χ2n) is 7.77. The zero-order chi connectivity index (χ0) is 20.4. The molecule has 2 nitrogen and oxygen atoms in total. The van der Waals surface area contributed by atoms with Crippen LogP contribution < -0.4 is 34.7 Å².